The summed E-state index contributed by atoms with van der Waals surface area (Å²) in [5.41, 5.74) is 1.16. The van der Waals surface area contributed by atoms with Gasteiger partial charge >= 0.3 is 0 Å². The summed E-state index contributed by atoms with van der Waals surface area (Å²) in [6.45, 7) is 1.74. The summed E-state index contributed by atoms with van der Waals surface area (Å²) >= 11 is 1.52. The summed E-state index contributed by atoms with van der Waals surface area (Å²) in [6.07, 6.45) is 5.05. The number of thiophene rings is 1. The lowest BCUT2D eigenvalue weighted by atomic mass is 9.93. The summed E-state index contributed by atoms with van der Waals surface area (Å²) in [7, 11) is 0. The Hall–Kier alpha value is -1.62. The molecule has 1 aliphatic rings. The van der Waals surface area contributed by atoms with E-state index in [4.69, 9.17) is 0 Å². The quantitative estimate of drug-likeness (QED) is 0.936. The molecule has 1 fully saturated rings. The van der Waals surface area contributed by atoms with Crippen LogP contribution in [0.25, 0.3) is 0 Å². The van der Waals surface area contributed by atoms with Crippen LogP contribution >= 0.6 is 11.3 Å². The van der Waals surface area contributed by atoms with Gasteiger partial charge in [0.1, 0.15) is 0 Å². The zero-order valence-electron chi connectivity index (χ0n) is 10.7. The molecule has 2 aromatic rings. The number of carbonyl (C=O) groups excluding carboxylic acids is 1. The number of nitrogens with one attached hydrogen (secondary N) is 1. The summed E-state index contributed by atoms with van der Waals surface area (Å²) in [6, 6.07) is 5.86. The minimum atomic E-state index is 0.185. The van der Waals surface area contributed by atoms with Crippen molar-refractivity contribution in [2.45, 2.75) is 19.3 Å². The molecule has 1 N–H and O–H groups in total. The molecule has 0 spiro atoms. The number of hydrogen-bond donors (Lipinski definition) is 1. The molecule has 5 heteroatoms. The zero-order chi connectivity index (χ0) is 13.1. The molecular weight excluding hydrogens is 258 g/mol. The molecule has 0 bridgehead atoms. The molecule has 1 amide bonds. The second kappa shape index (κ2) is 5.57. The van der Waals surface area contributed by atoms with Crippen LogP contribution in [0.5, 0.6) is 0 Å². The largest absolute Gasteiger partial charge is 0.338 e. The zero-order valence-corrected chi connectivity index (χ0v) is 11.5. The predicted molar refractivity (Wildman–Crippen MR) is 75.2 cm³/mol. The van der Waals surface area contributed by atoms with Crippen LogP contribution in [-0.4, -0.2) is 34.1 Å². The van der Waals surface area contributed by atoms with Gasteiger partial charge in [-0.05, 0) is 42.7 Å². The monoisotopic (exact) mass is 275 g/mol. The standard InChI is InChI=1S/C14H17N3OS/c18-14(13-4-2-8-19-13)17-7-1-3-11(10-17)9-12-5-6-15-16-12/h2,4-6,8,11H,1,3,7,9-10H2,(H,15,16)/t11-/m0/s1. The Kier molecular flexibility index (Phi) is 3.64. The second-order valence-electron chi connectivity index (χ2n) is 5.02. The molecule has 1 saturated heterocycles. The first-order chi connectivity index (χ1) is 9.33. The van der Waals surface area contributed by atoms with E-state index in [0.29, 0.717) is 5.92 Å². The summed E-state index contributed by atoms with van der Waals surface area (Å²) < 4.78 is 0. The molecule has 4 nitrogen and oxygen atoms in total. The number of rotatable bonds is 3. The van der Waals surface area contributed by atoms with Gasteiger partial charge in [-0.1, -0.05) is 6.07 Å². The van der Waals surface area contributed by atoms with Crippen LogP contribution in [0.4, 0.5) is 0 Å². The fourth-order valence-electron chi connectivity index (χ4n) is 2.68. The van der Waals surface area contributed by atoms with Gasteiger partial charge in [-0.15, -0.1) is 11.3 Å². The maximum Gasteiger partial charge on any atom is 0.263 e. The fraction of sp³-hybridized carbons (Fsp3) is 0.429. The highest BCUT2D eigenvalue weighted by molar-refractivity contribution is 7.12. The molecule has 100 valence electrons. The lowest BCUT2D eigenvalue weighted by Gasteiger charge is -2.32. The smallest absolute Gasteiger partial charge is 0.263 e. The minimum Gasteiger partial charge on any atom is -0.338 e. The van der Waals surface area contributed by atoms with E-state index in [-0.39, 0.29) is 5.91 Å². The number of nitrogens with zero attached hydrogens (tertiary/aromatic N) is 2. The Balaban J connectivity index is 1.63. The van der Waals surface area contributed by atoms with E-state index in [1.54, 1.807) is 6.20 Å². The van der Waals surface area contributed by atoms with E-state index in [1.807, 2.05) is 28.5 Å². The highest BCUT2D eigenvalue weighted by atomic mass is 32.1. The van der Waals surface area contributed by atoms with Crippen LogP contribution in [0.2, 0.25) is 0 Å². The van der Waals surface area contributed by atoms with Crippen molar-refractivity contribution in [2.24, 2.45) is 5.92 Å². The van der Waals surface area contributed by atoms with Gasteiger partial charge in [0.25, 0.3) is 5.91 Å². The number of aromatic nitrogens is 2. The first-order valence-electron chi connectivity index (χ1n) is 6.64. The van der Waals surface area contributed by atoms with E-state index in [9.17, 15) is 4.79 Å². The van der Waals surface area contributed by atoms with Crippen LogP contribution in [0.15, 0.2) is 29.8 Å². The van der Waals surface area contributed by atoms with E-state index in [2.05, 4.69) is 10.2 Å². The Morgan fingerprint density at radius 2 is 2.47 bits per heavy atom. The average molecular weight is 275 g/mol. The number of hydrogen-bond acceptors (Lipinski definition) is 3. The Morgan fingerprint density at radius 1 is 1.53 bits per heavy atom. The first-order valence-corrected chi connectivity index (χ1v) is 7.52. The number of carbonyl (C=O) groups is 1. The molecule has 1 atom stereocenters. The highest BCUT2D eigenvalue weighted by Gasteiger charge is 2.25. The average Bonchev–Trinajstić information content (AvgIpc) is 3.11. The summed E-state index contributed by atoms with van der Waals surface area (Å²) in [5.74, 6) is 0.724. The van der Waals surface area contributed by atoms with Crippen molar-refractivity contribution < 1.29 is 4.79 Å². The molecule has 0 aromatic carbocycles. The maximum absolute atomic E-state index is 12.3. The third kappa shape index (κ3) is 2.87. The van der Waals surface area contributed by atoms with Crippen molar-refractivity contribution in [3.63, 3.8) is 0 Å². The molecule has 19 heavy (non-hydrogen) atoms. The van der Waals surface area contributed by atoms with Crippen LogP contribution in [0.1, 0.15) is 28.2 Å². The van der Waals surface area contributed by atoms with E-state index in [1.165, 1.54) is 17.8 Å². The van der Waals surface area contributed by atoms with Crippen LogP contribution in [0, 0.1) is 5.92 Å². The minimum absolute atomic E-state index is 0.185. The van der Waals surface area contributed by atoms with Crippen LogP contribution in [0.3, 0.4) is 0 Å². The van der Waals surface area contributed by atoms with Gasteiger partial charge in [-0.3, -0.25) is 9.89 Å². The lowest BCUT2D eigenvalue weighted by molar-refractivity contribution is 0.0677. The van der Waals surface area contributed by atoms with Crippen molar-refractivity contribution in [3.8, 4) is 0 Å². The van der Waals surface area contributed by atoms with Gasteiger partial charge in [0, 0.05) is 25.0 Å². The third-order valence-electron chi connectivity index (χ3n) is 3.61. The van der Waals surface area contributed by atoms with Gasteiger partial charge in [-0.2, -0.15) is 5.10 Å². The number of aromatic amines is 1. The van der Waals surface area contributed by atoms with Gasteiger partial charge in [0.2, 0.25) is 0 Å². The maximum atomic E-state index is 12.3. The molecule has 2 aromatic heterocycles. The van der Waals surface area contributed by atoms with Crippen LogP contribution < -0.4 is 0 Å². The Bertz CT molecular complexity index is 521. The van der Waals surface area contributed by atoms with E-state index in [0.717, 1.165) is 36.5 Å². The van der Waals surface area contributed by atoms with Gasteiger partial charge in [-0.25, -0.2) is 0 Å². The van der Waals surface area contributed by atoms with Crippen molar-refractivity contribution in [2.75, 3.05) is 13.1 Å². The van der Waals surface area contributed by atoms with E-state index >= 15 is 0 Å². The van der Waals surface area contributed by atoms with Gasteiger partial charge in [0.15, 0.2) is 0 Å². The third-order valence-corrected chi connectivity index (χ3v) is 4.46. The molecule has 0 unspecified atom stereocenters. The van der Waals surface area contributed by atoms with Crippen molar-refractivity contribution in [1.29, 1.82) is 0 Å². The SMILES string of the molecule is O=C(c1cccs1)N1CCC[C@@H](Cc2ccn[nH]2)C1. The predicted octanol–water partition coefficient (Wildman–Crippen LogP) is 2.57. The van der Waals surface area contributed by atoms with Crippen LogP contribution in [-0.2, 0) is 6.42 Å². The van der Waals surface area contributed by atoms with Gasteiger partial charge in [0.05, 0.1) is 4.88 Å². The lowest BCUT2D eigenvalue weighted by Crippen LogP contribution is -2.40. The summed E-state index contributed by atoms with van der Waals surface area (Å²) in [5, 5.41) is 8.94. The fourth-order valence-corrected chi connectivity index (χ4v) is 3.37. The number of likely N-dealkylation sites (tertiary alicyclic amines) is 1. The number of piperidine rings is 1. The summed E-state index contributed by atoms with van der Waals surface area (Å²) in [4.78, 5) is 15.2. The molecule has 1 aliphatic heterocycles. The van der Waals surface area contributed by atoms with Crippen molar-refractivity contribution in [3.05, 3.63) is 40.3 Å². The normalized spacial score (nSPS) is 19.6. The molecule has 3 heterocycles. The molecule has 0 aliphatic carbocycles. The van der Waals surface area contributed by atoms with Crippen molar-refractivity contribution in [1.82, 2.24) is 15.1 Å². The Morgan fingerprint density at radius 3 is 3.21 bits per heavy atom. The number of H-pyrrole nitrogens is 1. The first kappa shape index (κ1) is 12.4. The number of amides is 1. The molecule has 0 saturated carbocycles. The van der Waals surface area contributed by atoms with Gasteiger partial charge < -0.3 is 4.90 Å². The second-order valence-corrected chi connectivity index (χ2v) is 5.97. The molecular formula is C14H17N3OS. The van der Waals surface area contributed by atoms with E-state index < -0.39 is 0 Å². The Labute approximate surface area is 116 Å². The molecule has 0 radical (unpaired) electrons. The van der Waals surface area contributed by atoms with Crippen molar-refractivity contribution >= 4 is 17.2 Å². The topological polar surface area (TPSA) is 49.0 Å². The molecule has 3 rings (SSSR count). The highest BCUT2D eigenvalue weighted by Crippen LogP contribution is 2.22.